The first kappa shape index (κ1) is 11.1. The zero-order valence-corrected chi connectivity index (χ0v) is 7.88. The van der Waals surface area contributed by atoms with Crippen molar-refractivity contribution in [2.45, 2.75) is 25.1 Å². The van der Waals surface area contributed by atoms with Crippen molar-refractivity contribution in [3.8, 4) is 0 Å². The van der Waals surface area contributed by atoms with E-state index >= 15 is 0 Å². The zero-order chi connectivity index (χ0) is 9.73. The Morgan fingerprint density at radius 2 is 2.23 bits per heavy atom. The van der Waals surface area contributed by atoms with E-state index in [1.165, 1.54) is 0 Å². The van der Waals surface area contributed by atoms with Crippen LogP contribution in [0, 0.1) is 0 Å². The summed E-state index contributed by atoms with van der Waals surface area (Å²) in [6.07, 6.45) is -2.31. The lowest BCUT2D eigenvalue weighted by molar-refractivity contribution is -0.192. The number of hydroxylamine groups is 1. The minimum atomic E-state index is -4.24. The van der Waals surface area contributed by atoms with Crippen molar-refractivity contribution in [2.75, 3.05) is 18.1 Å². The third kappa shape index (κ3) is 5.38. The third-order valence-electron chi connectivity index (χ3n) is 1.65. The second kappa shape index (κ2) is 5.07. The van der Waals surface area contributed by atoms with Gasteiger partial charge < -0.3 is 0 Å². The van der Waals surface area contributed by atoms with E-state index in [1.54, 1.807) is 11.8 Å². The van der Waals surface area contributed by atoms with Crippen LogP contribution in [0.4, 0.5) is 13.2 Å². The van der Waals surface area contributed by atoms with E-state index in [1.807, 2.05) is 0 Å². The van der Waals surface area contributed by atoms with Crippen LogP contribution in [0.25, 0.3) is 0 Å². The summed E-state index contributed by atoms with van der Waals surface area (Å²) in [5, 5.41) is 0. The van der Waals surface area contributed by atoms with Crippen molar-refractivity contribution in [3.63, 3.8) is 0 Å². The number of hydrogen-bond acceptors (Lipinski definition) is 3. The molecule has 0 aromatic rings. The van der Waals surface area contributed by atoms with Gasteiger partial charge in [0, 0.05) is 11.8 Å². The van der Waals surface area contributed by atoms with Gasteiger partial charge in [-0.3, -0.25) is 4.84 Å². The standard InChI is InChI=1S/C7H12F3NOS/c8-7(9,10)5-12-11-6-2-1-3-13-4-6/h6,11H,1-5H2. The first-order chi connectivity index (χ1) is 6.08. The lowest BCUT2D eigenvalue weighted by Crippen LogP contribution is -2.36. The maximum Gasteiger partial charge on any atom is 0.413 e. The molecule has 0 aromatic carbocycles. The summed E-state index contributed by atoms with van der Waals surface area (Å²) in [7, 11) is 0. The second-order valence-electron chi connectivity index (χ2n) is 2.94. The van der Waals surface area contributed by atoms with Gasteiger partial charge in [0.05, 0.1) is 0 Å². The van der Waals surface area contributed by atoms with Crippen LogP contribution >= 0.6 is 11.8 Å². The molecular formula is C7H12F3NOS. The van der Waals surface area contributed by atoms with Crippen molar-refractivity contribution in [1.29, 1.82) is 0 Å². The van der Waals surface area contributed by atoms with Crippen LogP contribution < -0.4 is 5.48 Å². The molecule has 0 aromatic heterocycles. The van der Waals surface area contributed by atoms with Gasteiger partial charge in [-0.2, -0.15) is 30.4 Å². The number of nitrogens with one attached hydrogen (secondary N) is 1. The number of hydrogen-bond donors (Lipinski definition) is 1. The van der Waals surface area contributed by atoms with E-state index in [0.717, 1.165) is 24.3 Å². The zero-order valence-electron chi connectivity index (χ0n) is 7.06. The van der Waals surface area contributed by atoms with Crippen LogP contribution in [0.5, 0.6) is 0 Å². The van der Waals surface area contributed by atoms with Crippen molar-refractivity contribution in [2.24, 2.45) is 0 Å². The Morgan fingerprint density at radius 3 is 2.77 bits per heavy atom. The van der Waals surface area contributed by atoms with Crippen molar-refractivity contribution in [3.05, 3.63) is 0 Å². The molecule has 0 spiro atoms. The second-order valence-corrected chi connectivity index (χ2v) is 4.09. The highest BCUT2D eigenvalue weighted by molar-refractivity contribution is 7.99. The van der Waals surface area contributed by atoms with Crippen molar-refractivity contribution in [1.82, 2.24) is 5.48 Å². The van der Waals surface area contributed by atoms with Gasteiger partial charge in [-0.05, 0) is 18.6 Å². The van der Waals surface area contributed by atoms with Crippen molar-refractivity contribution >= 4 is 11.8 Å². The predicted molar refractivity (Wildman–Crippen MR) is 45.5 cm³/mol. The molecule has 0 saturated carbocycles. The van der Waals surface area contributed by atoms with Crippen LogP contribution in [-0.4, -0.2) is 30.3 Å². The summed E-state index contributed by atoms with van der Waals surface area (Å²) < 4.78 is 34.9. The number of thioether (sulfide) groups is 1. The highest BCUT2D eigenvalue weighted by Gasteiger charge is 2.28. The molecule has 1 N–H and O–H groups in total. The van der Waals surface area contributed by atoms with Crippen LogP contribution in [0.3, 0.4) is 0 Å². The Morgan fingerprint density at radius 1 is 1.46 bits per heavy atom. The molecule has 1 aliphatic rings. The summed E-state index contributed by atoms with van der Waals surface area (Å²) in [6, 6.07) is 0.0705. The summed E-state index contributed by atoms with van der Waals surface area (Å²) >= 11 is 1.74. The molecule has 78 valence electrons. The maximum atomic E-state index is 11.6. The van der Waals surface area contributed by atoms with Crippen LogP contribution in [0.1, 0.15) is 12.8 Å². The van der Waals surface area contributed by atoms with Crippen LogP contribution in [0.15, 0.2) is 0 Å². The third-order valence-corrected chi connectivity index (χ3v) is 2.86. The molecule has 13 heavy (non-hydrogen) atoms. The molecule has 1 heterocycles. The fourth-order valence-corrected chi connectivity index (χ4v) is 2.13. The molecule has 0 bridgehead atoms. The average molecular weight is 215 g/mol. The van der Waals surface area contributed by atoms with Gasteiger partial charge in [0.25, 0.3) is 0 Å². The van der Waals surface area contributed by atoms with Gasteiger partial charge in [0.2, 0.25) is 0 Å². The number of halogens is 3. The maximum absolute atomic E-state index is 11.6. The Bertz CT molecular complexity index is 147. The lowest BCUT2D eigenvalue weighted by Gasteiger charge is -2.22. The minimum absolute atomic E-state index is 0.0705. The highest BCUT2D eigenvalue weighted by atomic mass is 32.2. The molecule has 0 radical (unpaired) electrons. The van der Waals surface area contributed by atoms with E-state index in [2.05, 4.69) is 10.3 Å². The van der Waals surface area contributed by atoms with E-state index in [-0.39, 0.29) is 6.04 Å². The largest absolute Gasteiger partial charge is 0.413 e. The molecule has 2 nitrogen and oxygen atoms in total. The smallest absolute Gasteiger partial charge is 0.292 e. The predicted octanol–water partition coefficient (Wildman–Crippen LogP) is 1.97. The van der Waals surface area contributed by atoms with Gasteiger partial charge in [-0.1, -0.05) is 0 Å². The molecule has 1 fully saturated rings. The highest BCUT2D eigenvalue weighted by Crippen LogP contribution is 2.18. The molecule has 1 unspecified atom stereocenters. The summed E-state index contributed by atoms with van der Waals surface area (Å²) in [5.74, 6) is 1.93. The molecule has 1 saturated heterocycles. The Hall–Kier alpha value is 0.0600. The van der Waals surface area contributed by atoms with Gasteiger partial charge in [-0.25, -0.2) is 0 Å². The summed E-state index contributed by atoms with van der Waals surface area (Å²) in [6.45, 7) is -1.21. The van der Waals surface area contributed by atoms with Crippen LogP contribution in [-0.2, 0) is 4.84 Å². The van der Waals surface area contributed by atoms with Crippen molar-refractivity contribution < 1.29 is 18.0 Å². The summed E-state index contributed by atoms with van der Waals surface area (Å²) in [5.41, 5.74) is 2.44. The molecule has 1 rings (SSSR count). The Balaban J connectivity index is 2.04. The monoisotopic (exact) mass is 215 g/mol. The fraction of sp³-hybridized carbons (Fsp3) is 1.00. The van der Waals surface area contributed by atoms with Crippen LogP contribution in [0.2, 0.25) is 0 Å². The van der Waals surface area contributed by atoms with Gasteiger partial charge >= 0.3 is 6.18 Å². The van der Waals surface area contributed by atoms with E-state index in [9.17, 15) is 13.2 Å². The normalized spacial score (nSPS) is 24.7. The number of alkyl halides is 3. The molecular weight excluding hydrogens is 203 g/mol. The summed E-state index contributed by atoms with van der Waals surface area (Å²) in [4.78, 5) is 4.35. The molecule has 6 heteroatoms. The lowest BCUT2D eigenvalue weighted by atomic mass is 10.2. The van der Waals surface area contributed by atoms with Gasteiger partial charge in [0.15, 0.2) is 6.61 Å². The first-order valence-corrected chi connectivity index (χ1v) is 5.25. The van der Waals surface area contributed by atoms with E-state index in [4.69, 9.17) is 0 Å². The molecule has 0 amide bonds. The Labute approximate surface area is 79.2 Å². The average Bonchev–Trinajstić information content (AvgIpc) is 2.04. The quantitative estimate of drug-likeness (QED) is 0.727. The van der Waals surface area contributed by atoms with Gasteiger partial charge in [-0.15, -0.1) is 0 Å². The molecule has 1 aliphatic heterocycles. The molecule has 1 atom stereocenters. The minimum Gasteiger partial charge on any atom is -0.292 e. The fourth-order valence-electron chi connectivity index (χ4n) is 1.08. The van der Waals surface area contributed by atoms with Gasteiger partial charge in [0.1, 0.15) is 0 Å². The first-order valence-electron chi connectivity index (χ1n) is 4.10. The number of rotatable bonds is 3. The van der Waals surface area contributed by atoms with E-state index in [0.29, 0.717) is 0 Å². The SMILES string of the molecule is FC(F)(F)CONC1CCCSC1. The Kier molecular flexibility index (Phi) is 4.34. The topological polar surface area (TPSA) is 21.3 Å². The molecule has 0 aliphatic carbocycles. The van der Waals surface area contributed by atoms with E-state index < -0.39 is 12.8 Å².